The summed E-state index contributed by atoms with van der Waals surface area (Å²) in [4.78, 5) is 4.33. The maximum absolute atomic E-state index is 9.26. The minimum absolute atomic E-state index is 0.249. The summed E-state index contributed by atoms with van der Waals surface area (Å²) in [5.41, 5.74) is 0.249. The summed E-state index contributed by atoms with van der Waals surface area (Å²) in [5.74, 6) is 0.907. The fourth-order valence-corrected chi connectivity index (χ4v) is 2.77. The molecule has 1 aromatic carbocycles. The van der Waals surface area contributed by atoms with E-state index in [0.717, 1.165) is 11.4 Å². The maximum Gasteiger partial charge on any atom is 0.184 e. The van der Waals surface area contributed by atoms with Gasteiger partial charge in [0, 0.05) is 11.3 Å². The SMILES string of the molecule is CCC(C)Sc1ccc(Oc2ccc(Cl)c(Cl)c2)c(C#N)n1. The van der Waals surface area contributed by atoms with Crippen molar-refractivity contribution in [3.8, 4) is 17.6 Å². The Balaban J connectivity index is 2.24. The molecule has 2 aromatic rings. The molecule has 0 aliphatic rings. The van der Waals surface area contributed by atoms with Crippen molar-refractivity contribution in [3.05, 3.63) is 46.1 Å². The summed E-state index contributed by atoms with van der Waals surface area (Å²) in [6.45, 7) is 4.24. The van der Waals surface area contributed by atoms with E-state index in [9.17, 15) is 5.26 Å². The van der Waals surface area contributed by atoms with E-state index in [2.05, 4.69) is 24.9 Å². The smallest absolute Gasteiger partial charge is 0.184 e. The lowest BCUT2D eigenvalue weighted by Gasteiger charge is -2.11. The first kappa shape index (κ1) is 17.0. The molecule has 0 radical (unpaired) electrons. The number of rotatable bonds is 5. The molecule has 114 valence electrons. The number of halogens is 2. The Bertz CT molecular complexity index is 716. The fraction of sp³-hybridized carbons (Fsp3) is 0.250. The highest BCUT2D eigenvalue weighted by molar-refractivity contribution is 7.99. The van der Waals surface area contributed by atoms with E-state index < -0.39 is 0 Å². The van der Waals surface area contributed by atoms with Gasteiger partial charge in [-0.25, -0.2) is 4.98 Å². The predicted octanol–water partition coefficient (Wildman–Crippen LogP) is 5.94. The molecule has 1 aromatic heterocycles. The third-order valence-corrected chi connectivity index (χ3v) is 4.90. The van der Waals surface area contributed by atoms with Crippen molar-refractivity contribution in [3.63, 3.8) is 0 Å². The number of aromatic nitrogens is 1. The van der Waals surface area contributed by atoms with Crippen molar-refractivity contribution in [2.75, 3.05) is 0 Å². The van der Waals surface area contributed by atoms with E-state index in [1.54, 1.807) is 36.0 Å². The summed E-state index contributed by atoms with van der Waals surface area (Å²) >= 11 is 13.5. The van der Waals surface area contributed by atoms with Crippen LogP contribution in [0.5, 0.6) is 11.5 Å². The lowest BCUT2D eigenvalue weighted by atomic mass is 10.3. The van der Waals surface area contributed by atoms with Crippen LogP contribution in [0.25, 0.3) is 0 Å². The molecule has 3 nitrogen and oxygen atoms in total. The molecule has 1 unspecified atom stereocenters. The monoisotopic (exact) mass is 352 g/mol. The van der Waals surface area contributed by atoms with E-state index in [1.165, 1.54) is 0 Å². The minimum atomic E-state index is 0.249. The predicted molar refractivity (Wildman–Crippen MR) is 91.1 cm³/mol. The molecule has 0 aliphatic carbocycles. The van der Waals surface area contributed by atoms with Crippen LogP contribution < -0.4 is 4.74 Å². The van der Waals surface area contributed by atoms with Crippen LogP contribution >= 0.6 is 35.0 Å². The third-order valence-electron chi connectivity index (χ3n) is 2.95. The lowest BCUT2D eigenvalue weighted by molar-refractivity contribution is 0.477. The van der Waals surface area contributed by atoms with Crippen LogP contribution in [0.1, 0.15) is 26.0 Å². The van der Waals surface area contributed by atoms with E-state index >= 15 is 0 Å². The van der Waals surface area contributed by atoms with Gasteiger partial charge in [-0.05, 0) is 30.7 Å². The highest BCUT2D eigenvalue weighted by Gasteiger charge is 2.11. The first-order valence-electron chi connectivity index (χ1n) is 6.74. The Morgan fingerprint density at radius 1 is 1.27 bits per heavy atom. The molecule has 0 bridgehead atoms. The molecular formula is C16H14Cl2N2OS. The molecule has 22 heavy (non-hydrogen) atoms. The number of nitriles is 1. The molecule has 0 amide bonds. The van der Waals surface area contributed by atoms with Gasteiger partial charge < -0.3 is 4.74 Å². The number of benzene rings is 1. The molecule has 0 N–H and O–H groups in total. The second-order valence-electron chi connectivity index (χ2n) is 4.62. The zero-order chi connectivity index (χ0) is 16.1. The van der Waals surface area contributed by atoms with E-state index in [1.807, 2.05) is 6.07 Å². The number of hydrogen-bond acceptors (Lipinski definition) is 4. The van der Waals surface area contributed by atoms with Crippen LogP contribution in [0, 0.1) is 11.3 Å². The van der Waals surface area contributed by atoms with Crippen molar-refractivity contribution in [2.45, 2.75) is 30.5 Å². The van der Waals surface area contributed by atoms with Crippen molar-refractivity contribution in [1.29, 1.82) is 5.26 Å². The van der Waals surface area contributed by atoms with Crippen LogP contribution in [0.4, 0.5) is 0 Å². The van der Waals surface area contributed by atoms with Crippen LogP contribution in [-0.2, 0) is 0 Å². The van der Waals surface area contributed by atoms with Crippen LogP contribution in [0.15, 0.2) is 35.4 Å². The van der Waals surface area contributed by atoms with Crippen LogP contribution in [-0.4, -0.2) is 10.2 Å². The van der Waals surface area contributed by atoms with Crippen molar-refractivity contribution in [2.24, 2.45) is 0 Å². The zero-order valence-corrected chi connectivity index (χ0v) is 14.5. The molecule has 1 heterocycles. The molecule has 0 saturated heterocycles. The van der Waals surface area contributed by atoms with Crippen molar-refractivity contribution in [1.82, 2.24) is 4.98 Å². The van der Waals surface area contributed by atoms with Gasteiger partial charge in [-0.1, -0.05) is 37.0 Å². The summed E-state index contributed by atoms with van der Waals surface area (Å²) in [7, 11) is 0. The first-order chi connectivity index (χ1) is 10.5. The largest absolute Gasteiger partial charge is 0.454 e. The minimum Gasteiger partial charge on any atom is -0.454 e. The number of nitrogens with zero attached hydrogens (tertiary/aromatic N) is 2. The average Bonchev–Trinajstić information content (AvgIpc) is 2.52. The van der Waals surface area contributed by atoms with E-state index in [-0.39, 0.29) is 5.69 Å². The second kappa shape index (κ2) is 7.73. The Labute approximate surface area is 144 Å². The van der Waals surface area contributed by atoms with Gasteiger partial charge in [0.15, 0.2) is 11.4 Å². The number of pyridine rings is 1. The topological polar surface area (TPSA) is 45.9 Å². The van der Waals surface area contributed by atoms with Gasteiger partial charge in [-0.2, -0.15) is 5.26 Å². The molecular weight excluding hydrogens is 339 g/mol. The van der Waals surface area contributed by atoms with Crippen LogP contribution in [0.2, 0.25) is 10.0 Å². The van der Waals surface area contributed by atoms with Crippen molar-refractivity contribution >= 4 is 35.0 Å². The molecule has 0 aliphatic heterocycles. The summed E-state index contributed by atoms with van der Waals surface area (Å²) in [5, 5.41) is 11.4. The highest BCUT2D eigenvalue weighted by Crippen LogP contribution is 2.32. The quantitative estimate of drug-likeness (QED) is 0.624. The Hall–Kier alpha value is -1.41. The summed E-state index contributed by atoms with van der Waals surface area (Å²) in [6.07, 6.45) is 1.04. The Morgan fingerprint density at radius 2 is 2.05 bits per heavy atom. The van der Waals surface area contributed by atoms with Gasteiger partial charge in [0.25, 0.3) is 0 Å². The standard InChI is InChI=1S/C16H14Cl2N2OS/c1-3-10(2)22-16-7-6-15(14(9-19)20-16)21-11-4-5-12(17)13(18)8-11/h4-8,10H,3H2,1-2H3. The number of thioether (sulfide) groups is 1. The molecule has 6 heteroatoms. The second-order valence-corrected chi connectivity index (χ2v) is 6.90. The van der Waals surface area contributed by atoms with Gasteiger partial charge in [0.2, 0.25) is 0 Å². The normalized spacial score (nSPS) is 11.8. The summed E-state index contributed by atoms with van der Waals surface area (Å²) in [6, 6.07) is 10.6. The first-order valence-corrected chi connectivity index (χ1v) is 8.37. The van der Waals surface area contributed by atoms with E-state index in [4.69, 9.17) is 27.9 Å². The fourth-order valence-electron chi connectivity index (χ4n) is 1.61. The van der Waals surface area contributed by atoms with Gasteiger partial charge >= 0.3 is 0 Å². The molecule has 0 saturated carbocycles. The number of ether oxygens (including phenoxy) is 1. The van der Waals surface area contributed by atoms with Gasteiger partial charge in [0.05, 0.1) is 15.1 Å². The third kappa shape index (κ3) is 4.30. The average molecular weight is 353 g/mol. The van der Waals surface area contributed by atoms with Crippen LogP contribution in [0.3, 0.4) is 0 Å². The van der Waals surface area contributed by atoms with Gasteiger partial charge in [0.1, 0.15) is 11.8 Å². The van der Waals surface area contributed by atoms with E-state index in [0.29, 0.717) is 26.8 Å². The van der Waals surface area contributed by atoms with Crippen molar-refractivity contribution < 1.29 is 4.74 Å². The maximum atomic E-state index is 9.26. The molecule has 0 spiro atoms. The Morgan fingerprint density at radius 3 is 2.68 bits per heavy atom. The van der Waals surface area contributed by atoms with Gasteiger partial charge in [-0.3, -0.25) is 0 Å². The zero-order valence-electron chi connectivity index (χ0n) is 12.1. The molecule has 2 rings (SSSR count). The molecule has 0 fully saturated rings. The number of hydrogen-bond donors (Lipinski definition) is 0. The highest BCUT2D eigenvalue weighted by atomic mass is 35.5. The molecule has 1 atom stereocenters. The Kier molecular flexibility index (Phi) is 5.96. The lowest BCUT2D eigenvalue weighted by Crippen LogP contribution is -1.97. The summed E-state index contributed by atoms with van der Waals surface area (Å²) < 4.78 is 5.69. The van der Waals surface area contributed by atoms with Gasteiger partial charge in [-0.15, -0.1) is 11.8 Å².